The summed E-state index contributed by atoms with van der Waals surface area (Å²) in [6.07, 6.45) is 1.31. The summed E-state index contributed by atoms with van der Waals surface area (Å²) in [5, 5.41) is 6.36. The molecule has 0 saturated carbocycles. The molecular formula is C13H15N5O3. The highest BCUT2D eigenvalue weighted by Crippen LogP contribution is 2.08. The Morgan fingerprint density at radius 1 is 1.33 bits per heavy atom. The minimum Gasteiger partial charge on any atom is -0.454 e. The summed E-state index contributed by atoms with van der Waals surface area (Å²) in [7, 11) is 0. The SMILES string of the molecule is Cc1ccc(NC(=O)COC(=O)Cn2cnc(N)n2)cc1. The molecule has 0 aliphatic carbocycles. The lowest BCUT2D eigenvalue weighted by atomic mass is 10.2. The first-order valence-electron chi connectivity index (χ1n) is 6.20. The molecule has 0 aliphatic heterocycles. The number of carbonyl (C=O) groups excluding carboxylic acids is 2. The zero-order chi connectivity index (χ0) is 15.2. The number of rotatable bonds is 5. The van der Waals surface area contributed by atoms with Crippen LogP contribution in [0.25, 0.3) is 0 Å². The van der Waals surface area contributed by atoms with E-state index in [2.05, 4.69) is 15.4 Å². The molecule has 1 amide bonds. The molecule has 2 rings (SSSR count). The number of benzene rings is 1. The molecule has 0 radical (unpaired) electrons. The van der Waals surface area contributed by atoms with Gasteiger partial charge in [-0.05, 0) is 19.1 Å². The van der Waals surface area contributed by atoms with Crippen molar-refractivity contribution in [2.75, 3.05) is 17.7 Å². The number of nitrogens with one attached hydrogen (secondary N) is 1. The van der Waals surface area contributed by atoms with Crippen LogP contribution in [0.15, 0.2) is 30.6 Å². The van der Waals surface area contributed by atoms with Gasteiger partial charge in [0.2, 0.25) is 5.95 Å². The summed E-state index contributed by atoms with van der Waals surface area (Å²) in [6.45, 7) is 1.43. The first-order chi connectivity index (χ1) is 10.0. The van der Waals surface area contributed by atoms with E-state index in [9.17, 15) is 9.59 Å². The molecule has 0 fully saturated rings. The lowest BCUT2D eigenvalue weighted by Crippen LogP contribution is -2.23. The zero-order valence-electron chi connectivity index (χ0n) is 11.4. The minimum absolute atomic E-state index is 0.0694. The van der Waals surface area contributed by atoms with Gasteiger partial charge in [-0.3, -0.25) is 9.59 Å². The predicted octanol–water partition coefficient (Wildman–Crippen LogP) is 0.351. The molecule has 2 aromatic rings. The van der Waals surface area contributed by atoms with Crippen LogP contribution in [0, 0.1) is 6.92 Å². The van der Waals surface area contributed by atoms with Gasteiger partial charge in [0.15, 0.2) is 6.61 Å². The number of ether oxygens (including phenoxy) is 1. The predicted molar refractivity (Wildman–Crippen MR) is 75.2 cm³/mol. The van der Waals surface area contributed by atoms with Crippen LogP contribution in [-0.2, 0) is 20.9 Å². The van der Waals surface area contributed by atoms with Crippen LogP contribution < -0.4 is 11.1 Å². The van der Waals surface area contributed by atoms with Gasteiger partial charge in [-0.25, -0.2) is 9.67 Å². The van der Waals surface area contributed by atoms with Crippen molar-refractivity contribution in [3.05, 3.63) is 36.2 Å². The number of esters is 1. The third-order valence-corrected chi connectivity index (χ3v) is 2.54. The molecule has 21 heavy (non-hydrogen) atoms. The van der Waals surface area contributed by atoms with Gasteiger partial charge in [-0.15, -0.1) is 5.10 Å². The molecule has 1 aromatic heterocycles. The van der Waals surface area contributed by atoms with Crippen LogP contribution in [0.2, 0.25) is 0 Å². The van der Waals surface area contributed by atoms with Gasteiger partial charge in [-0.2, -0.15) is 0 Å². The molecule has 0 atom stereocenters. The topological polar surface area (TPSA) is 112 Å². The van der Waals surface area contributed by atoms with Gasteiger partial charge >= 0.3 is 5.97 Å². The standard InChI is InChI=1S/C13H15N5O3/c1-9-2-4-10(5-3-9)16-11(19)7-21-12(20)6-18-8-15-13(14)17-18/h2-5,8H,6-7H2,1H3,(H2,14,17)(H,16,19). The largest absolute Gasteiger partial charge is 0.454 e. The van der Waals surface area contributed by atoms with E-state index in [1.54, 1.807) is 12.1 Å². The average molecular weight is 289 g/mol. The zero-order valence-corrected chi connectivity index (χ0v) is 11.4. The van der Waals surface area contributed by atoms with Crippen LogP contribution >= 0.6 is 0 Å². The highest BCUT2D eigenvalue weighted by atomic mass is 16.5. The molecule has 8 heteroatoms. The van der Waals surface area contributed by atoms with Crippen LogP contribution in [0.4, 0.5) is 11.6 Å². The molecule has 0 aliphatic rings. The van der Waals surface area contributed by atoms with Crippen molar-refractivity contribution in [1.29, 1.82) is 0 Å². The number of hydrogen-bond acceptors (Lipinski definition) is 6. The fourth-order valence-corrected chi connectivity index (χ4v) is 1.54. The summed E-state index contributed by atoms with van der Waals surface area (Å²) < 4.78 is 6.06. The molecule has 0 spiro atoms. The van der Waals surface area contributed by atoms with Gasteiger partial charge in [-0.1, -0.05) is 17.7 Å². The number of nitrogens with two attached hydrogens (primary N) is 1. The van der Waals surface area contributed by atoms with Crippen molar-refractivity contribution in [2.24, 2.45) is 0 Å². The lowest BCUT2D eigenvalue weighted by Gasteiger charge is -2.06. The highest BCUT2D eigenvalue weighted by Gasteiger charge is 2.09. The Hall–Kier alpha value is -2.90. The van der Waals surface area contributed by atoms with Crippen molar-refractivity contribution in [2.45, 2.75) is 13.5 Å². The molecule has 0 bridgehead atoms. The Morgan fingerprint density at radius 2 is 2.05 bits per heavy atom. The number of nitrogen functional groups attached to an aromatic ring is 1. The number of carbonyl (C=O) groups is 2. The Labute approximate surface area is 120 Å². The van der Waals surface area contributed by atoms with Crippen molar-refractivity contribution in [3.63, 3.8) is 0 Å². The van der Waals surface area contributed by atoms with Crippen LogP contribution in [0.3, 0.4) is 0 Å². The molecule has 110 valence electrons. The van der Waals surface area contributed by atoms with E-state index < -0.39 is 11.9 Å². The van der Waals surface area contributed by atoms with Crippen molar-refractivity contribution in [1.82, 2.24) is 14.8 Å². The number of aryl methyl sites for hydroxylation is 1. The number of anilines is 2. The normalized spacial score (nSPS) is 10.1. The van der Waals surface area contributed by atoms with Gasteiger partial charge in [0.1, 0.15) is 12.9 Å². The Kier molecular flexibility index (Phi) is 4.50. The average Bonchev–Trinajstić information content (AvgIpc) is 2.84. The Balaban J connectivity index is 1.75. The molecule has 0 saturated heterocycles. The van der Waals surface area contributed by atoms with E-state index >= 15 is 0 Å². The minimum atomic E-state index is -0.598. The van der Waals surface area contributed by atoms with Crippen LogP contribution in [0.5, 0.6) is 0 Å². The maximum atomic E-state index is 11.6. The second-order valence-corrected chi connectivity index (χ2v) is 4.38. The van der Waals surface area contributed by atoms with Gasteiger partial charge in [0.25, 0.3) is 5.91 Å². The Morgan fingerprint density at radius 3 is 2.67 bits per heavy atom. The van der Waals surface area contributed by atoms with Crippen molar-refractivity contribution >= 4 is 23.5 Å². The highest BCUT2D eigenvalue weighted by molar-refractivity contribution is 5.92. The Bertz CT molecular complexity index is 636. The molecular weight excluding hydrogens is 274 g/mol. The lowest BCUT2D eigenvalue weighted by molar-refractivity contribution is -0.148. The summed E-state index contributed by atoms with van der Waals surface area (Å²) >= 11 is 0. The second-order valence-electron chi connectivity index (χ2n) is 4.38. The van der Waals surface area contributed by atoms with Crippen LogP contribution in [0.1, 0.15) is 5.56 Å². The number of hydrogen-bond donors (Lipinski definition) is 2. The smallest absolute Gasteiger partial charge is 0.328 e. The summed E-state index contributed by atoms with van der Waals surface area (Å²) in [5.74, 6) is -0.941. The van der Waals surface area contributed by atoms with E-state index in [0.717, 1.165) is 5.56 Å². The number of nitrogens with zero attached hydrogens (tertiary/aromatic N) is 3. The van der Waals surface area contributed by atoms with Crippen molar-refractivity contribution < 1.29 is 14.3 Å². The summed E-state index contributed by atoms with van der Waals surface area (Å²) in [6, 6.07) is 7.29. The van der Waals surface area contributed by atoms with E-state index in [1.165, 1.54) is 11.0 Å². The fourth-order valence-electron chi connectivity index (χ4n) is 1.54. The monoisotopic (exact) mass is 289 g/mol. The van der Waals surface area contributed by atoms with Gasteiger partial charge in [0.05, 0.1) is 0 Å². The summed E-state index contributed by atoms with van der Waals surface area (Å²) in [4.78, 5) is 26.8. The molecule has 1 aromatic carbocycles. The maximum Gasteiger partial charge on any atom is 0.328 e. The van der Waals surface area contributed by atoms with E-state index in [4.69, 9.17) is 10.5 Å². The third-order valence-electron chi connectivity index (χ3n) is 2.54. The number of aromatic nitrogens is 3. The van der Waals surface area contributed by atoms with Crippen LogP contribution in [-0.4, -0.2) is 33.2 Å². The fraction of sp³-hybridized carbons (Fsp3) is 0.231. The first kappa shape index (κ1) is 14.5. The number of amides is 1. The maximum absolute atomic E-state index is 11.6. The molecule has 3 N–H and O–H groups in total. The van der Waals surface area contributed by atoms with E-state index in [1.807, 2.05) is 19.1 Å². The second kappa shape index (κ2) is 6.51. The molecule has 0 unspecified atom stereocenters. The van der Waals surface area contributed by atoms with Crippen molar-refractivity contribution in [3.8, 4) is 0 Å². The molecule has 8 nitrogen and oxygen atoms in total. The third kappa shape index (κ3) is 4.60. The first-order valence-corrected chi connectivity index (χ1v) is 6.20. The summed E-state index contributed by atoms with van der Waals surface area (Å²) in [5.41, 5.74) is 7.05. The quantitative estimate of drug-likeness (QED) is 0.768. The molecule has 1 heterocycles. The van der Waals surface area contributed by atoms with E-state index in [0.29, 0.717) is 5.69 Å². The van der Waals surface area contributed by atoms with Gasteiger partial charge in [0, 0.05) is 5.69 Å². The van der Waals surface area contributed by atoms with Gasteiger partial charge < -0.3 is 15.8 Å². The van der Waals surface area contributed by atoms with E-state index in [-0.39, 0.29) is 19.1 Å².